The zero-order chi connectivity index (χ0) is 11.7. The van der Waals surface area contributed by atoms with Gasteiger partial charge in [-0.05, 0) is 67.7 Å². The Morgan fingerprint density at radius 1 is 1.24 bits per heavy atom. The van der Waals surface area contributed by atoms with Crippen LogP contribution in [-0.4, -0.2) is 13.1 Å². The summed E-state index contributed by atoms with van der Waals surface area (Å²) in [5.41, 5.74) is 1.89. The molecule has 1 aliphatic heterocycles. The predicted molar refractivity (Wildman–Crippen MR) is 67.4 cm³/mol. The van der Waals surface area contributed by atoms with Crippen molar-refractivity contribution in [2.75, 3.05) is 13.1 Å². The maximum absolute atomic E-state index is 12.8. The summed E-state index contributed by atoms with van der Waals surface area (Å²) >= 11 is 0. The highest BCUT2D eigenvalue weighted by Crippen LogP contribution is 2.46. The van der Waals surface area contributed by atoms with Gasteiger partial charge in [-0.25, -0.2) is 4.39 Å². The van der Waals surface area contributed by atoms with Gasteiger partial charge in [-0.2, -0.15) is 0 Å². The van der Waals surface area contributed by atoms with Crippen molar-refractivity contribution >= 4 is 0 Å². The van der Waals surface area contributed by atoms with E-state index in [1.807, 2.05) is 12.1 Å². The fourth-order valence-corrected chi connectivity index (χ4v) is 3.64. The number of hydrogen-bond donors (Lipinski definition) is 1. The first-order chi connectivity index (χ1) is 8.26. The molecule has 2 fully saturated rings. The minimum absolute atomic E-state index is 0.128. The lowest BCUT2D eigenvalue weighted by molar-refractivity contribution is 0.319. The van der Waals surface area contributed by atoms with Crippen molar-refractivity contribution in [1.82, 2.24) is 5.32 Å². The standard InChI is InChI=1S/C15H20FN/c16-14-3-1-12(2-4-14)9-13-5-6-15(10-13)7-8-17-11-15/h1-4,13,17H,5-11H2. The SMILES string of the molecule is Fc1ccc(CC2CCC3(CCNC3)C2)cc1. The van der Waals surface area contributed by atoms with E-state index in [0.29, 0.717) is 5.41 Å². The largest absolute Gasteiger partial charge is 0.316 e. The van der Waals surface area contributed by atoms with Gasteiger partial charge < -0.3 is 5.32 Å². The molecular formula is C15H20FN. The van der Waals surface area contributed by atoms with Crippen LogP contribution in [0.5, 0.6) is 0 Å². The molecule has 1 N–H and O–H groups in total. The number of nitrogens with one attached hydrogen (secondary N) is 1. The van der Waals surface area contributed by atoms with Gasteiger partial charge in [0.25, 0.3) is 0 Å². The molecule has 1 spiro atoms. The summed E-state index contributed by atoms with van der Waals surface area (Å²) in [5.74, 6) is 0.678. The fraction of sp³-hybridized carbons (Fsp3) is 0.600. The Morgan fingerprint density at radius 2 is 2.06 bits per heavy atom. The van der Waals surface area contributed by atoms with Crippen LogP contribution in [0.4, 0.5) is 4.39 Å². The average Bonchev–Trinajstić information content (AvgIpc) is 2.94. The molecule has 0 bridgehead atoms. The highest BCUT2D eigenvalue weighted by atomic mass is 19.1. The molecule has 1 saturated carbocycles. The van der Waals surface area contributed by atoms with Crippen molar-refractivity contribution in [2.24, 2.45) is 11.3 Å². The maximum atomic E-state index is 12.8. The van der Waals surface area contributed by atoms with Crippen LogP contribution in [0.3, 0.4) is 0 Å². The molecule has 2 unspecified atom stereocenters. The van der Waals surface area contributed by atoms with E-state index in [1.54, 1.807) is 12.1 Å². The molecule has 92 valence electrons. The molecule has 1 heterocycles. The van der Waals surface area contributed by atoms with E-state index in [-0.39, 0.29) is 5.82 Å². The van der Waals surface area contributed by atoms with Gasteiger partial charge in [0.1, 0.15) is 5.82 Å². The molecule has 1 nitrogen and oxygen atoms in total. The van der Waals surface area contributed by atoms with Crippen LogP contribution in [0.2, 0.25) is 0 Å². The van der Waals surface area contributed by atoms with Crippen LogP contribution in [0, 0.1) is 17.2 Å². The molecule has 0 amide bonds. The second kappa shape index (κ2) is 4.41. The molecular weight excluding hydrogens is 213 g/mol. The topological polar surface area (TPSA) is 12.0 Å². The van der Waals surface area contributed by atoms with E-state index < -0.39 is 0 Å². The molecule has 17 heavy (non-hydrogen) atoms. The zero-order valence-electron chi connectivity index (χ0n) is 10.2. The Hall–Kier alpha value is -0.890. The molecule has 1 aliphatic carbocycles. The lowest BCUT2D eigenvalue weighted by Crippen LogP contribution is -2.20. The average molecular weight is 233 g/mol. The minimum Gasteiger partial charge on any atom is -0.316 e. The molecule has 2 heteroatoms. The van der Waals surface area contributed by atoms with Crippen LogP contribution >= 0.6 is 0 Å². The Morgan fingerprint density at radius 3 is 2.76 bits per heavy atom. The highest BCUT2D eigenvalue weighted by molar-refractivity contribution is 5.17. The van der Waals surface area contributed by atoms with Crippen molar-refractivity contribution in [1.29, 1.82) is 0 Å². The zero-order valence-corrected chi connectivity index (χ0v) is 10.2. The fourth-order valence-electron chi connectivity index (χ4n) is 3.64. The molecule has 1 aromatic rings. The van der Waals surface area contributed by atoms with E-state index >= 15 is 0 Å². The molecule has 1 aromatic carbocycles. The van der Waals surface area contributed by atoms with Crippen LogP contribution in [-0.2, 0) is 6.42 Å². The third kappa shape index (κ3) is 2.37. The van der Waals surface area contributed by atoms with Gasteiger partial charge in [0.15, 0.2) is 0 Å². The van der Waals surface area contributed by atoms with Gasteiger partial charge in [-0.15, -0.1) is 0 Å². The summed E-state index contributed by atoms with van der Waals surface area (Å²) in [6.45, 7) is 2.41. The smallest absolute Gasteiger partial charge is 0.123 e. The quantitative estimate of drug-likeness (QED) is 0.827. The van der Waals surface area contributed by atoms with Crippen LogP contribution in [0.15, 0.2) is 24.3 Å². The summed E-state index contributed by atoms with van der Waals surface area (Å²) in [6.07, 6.45) is 6.57. The van der Waals surface area contributed by atoms with Gasteiger partial charge in [-0.1, -0.05) is 12.1 Å². The summed E-state index contributed by atoms with van der Waals surface area (Å²) in [7, 11) is 0. The third-order valence-corrected chi connectivity index (χ3v) is 4.57. The molecule has 2 aliphatic rings. The first-order valence-corrected chi connectivity index (χ1v) is 6.71. The number of halogens is 1. The van der Waals surface area contributed by atoms with Gasteiger partial charge in [0.2, 0.25) is 0 Å². The van der Waals surface area contributed by atoms with Crippen molar-refractivity contribution in [3.63, 3.8) is 0 Å². The van der Waals surface area contributed by atoms with Crippen molar-refractivity contribution < 1.29 is 4.39 Å². The van der Waals surface area contributed by atoms with Crippen LogP contribution in [0.1, 0.15) is 31.2 Å². The van der Waals surface area contributed by atoms with Crippen molar-refractivity contribution in [2.45, 2.75) is 32.1 Å². The Kier molecular flexibility index (Phi) is 2.91. The van der Waals surface area contributed by atoms with Gasteiger partial charge in [0.05, 0.1) is 0 Å². The molecule has 2 atom stereocenters. The van der Waals surface area contributed by atoms with Gasteiger partial charge in [-0.3, -0.25) is 0 Å². The normalized spacial score (nSPS) is 32.4. The van der Waals surface area contributed by atoms with E-state index in [9.17, 15) is 4.39 Å². The predicted octanol–water partition coefficient (Wildman–Crippen LogP) is 3.15. The molecule has 0 aromatic heterocycles. The highest BCUT2D eigenvalue weighted by Gasteiger charge is 2.40. The Balaban J connectivity index is 1.62. The molecule has 1 saturated heterocycles. The Bertz CT molecular complexity index is 378. The van der Waals surface area contributed by atoms with Crippen LogP contribution < -0.4 is 5.32 Å². The third-order valence-electron chi connectivity index (χ3n) is 4.57. The number of hydrogen-bond acceptors (Lipinski definition) is 1. The summed E-state index contributed by atoms with van der Waals surface area (Å²) in [4.78, 5) is 0. The lowest BCUT2D eigenvalue weighted by Gasteiger charge is -2.21. The first-order valence-electron chi connectivity index (χ1n) is 6.71. The first kappa shape index (κ1) is 11.2. The second-order valence-electron chi connectivity index (χ2n) is 5.87. The van der Waals surface area contributed by atoms with Crippen molar-refractivity contribution in [3.05, 3.63) is 35.6 Å². The van der Waals surface area contributed by atoms with E-state index in [1.165, 1.54) is 44.3 Å². The number of rotatable bonds is 2. The summed E-state index contributed by atoms with van der Waals surface area (Å²) < 4.78 is 12.8. The monoisotopic (exact) mass is 233 g/mol. The van der Waals surface area contributed by atoms with Gasteiger partial charge in [0, 0.05) is 6.54 Å². The van der Waals surface area contributed by atoms with Gasteiger partial charge >= 0.3 is 0 Å². The van der Waals surface area contributed by atoms with Crippen LogP contribution in [0.25, 0.3) is 0 Å². The molecule has 3 rings (SSSR count). The van der Waals surface area contributed by atoms with Crippen molar-refractivity contribution in [3.8, 4) is 0 Å². The summed E-state index contributed by atoms with van der Waals surface area (Å²) in [6, 6.07) is 7.04. The Labute approximate surface area is 102 Å². The summed E-state index contributed by atoms with van der Waals surface area (Å²) in [5, 5.41) is 3.50. The second-order valence-corrected chi connectivity index (χ2v) is 5.87. The minimum atomic E-state index is -0.128. The van der Waals surface area contributed by atoms with E-state index in [0.717, 1.165) is 12.3 Å². The molecule has 0 radical (unpaired) electrons. The number of benzene rings is 1. The maximum Gasteiger partial charge on any atom is 0.123 e. The lowest BCUT2D eigenvalue weighted by atomic mass is 9.84. The van der Waals surface area contributed by atoms with E-state index in [4.69, 9.17) is 0 Å². The van der Waals surface area contributed by atoms with E-state index in [2.05, 4.69) is 5.32 Å².